The Labute approximate surface area is 88.2 Å². The van der Waals surface area contributed by atoms with Gasteiger partial charge in [0.25, 0.3) is 0 Å². The fraction of sp³-hybridized carbons (Fsp3) is 0.182. The van der Waals surface area contributed by atoms with Crippen molar-refractivity contribution in [2.24, 2.45) is 5.73 Å². The third-order valence-corrected chi connectivity index (χ3v) is 2.22. The van der Waals surface area contributed by atoms with Gasteiger partial charge in [0.1, 0.15) is 0 Å². The minimum atomic E-state index is 0.414. The number of nitrogens with two attached hydrogens (primary N) is 1. The van der Waals surface area contributed by atoms with Gasteiger partial charge in [-0.15, -0.1) is 0 Å². The van der Waals surface area contributed by atoms with Gasteiger partial charge in [0.15, 0.2) is 0 Å². The van der Waals surface area contributed by atoms with E-state index in [1.807, 2.05) is 19.1 Å². The van der Waals surface area contributed by atoms with Crippen LogP contribution in [-0.2, 0) is 6.54 Å². The molecule has 2 rings (SSSR count). The molecule has 0 unspecified atom stereocenters. The molecule has 0 saturated carbocycles. The third kappa shape index (κ3) is 1.99. The summed E-state index contributed by atoms with van der Waals surface area (Å²) >= 11 is 0. The van der Waals surface area contributed by atoms with Crippen LogP contribution >= 0.6 is 0 Å². The van der Waals surface area contributed by atoms with Gasteiger partial charge >= 0.3 is 0 Å². The first-order valence-electron chi connectivity index (χ1n) is 4.74. The first-order chi connectivity index (χ1) is 7.31. The van der Waals surface area contributed by atoms with Crippen LogP contribution in [0.3, 0.4) is 0 Å². The van der Waals surface area contributed by atoms with E-state index in [9.17, 15) is 0 Å². The summed E-state index contributed by atoms with van der Waals surface area (Å²) < 4.78 is 0. The molecule has 2 aromatic heterocycles. The maximum absolute atomic E-state index is 5.58. The van der Waals surface area contributed by atoms with E-state index >= 15 is 0 Å². The zero-order valence-corrected chi connectivity index (χ0v) is 8.51. The van der Waals surface area contributed by atoms with Crippen LogP contribution in [-0.4, -0.2) is 15.0 Å². The number of aryl methyl sites for hydroxylation is 1. The lowest BCUT2D eigenvalue weighted by atomic mass is 10.2. The zero-order valence-electron chi connectivity index (χ0n) is 8.51. The third-order valence-electron chi connectivity index (χ3n) is 2.22. The van der Waals surface area contributed by atoms with Crippen LogP contribution in [0.1, 0.15) is 11.4 Å². The minimum absolute atomic E-state index is 0.414. The topological polar surface area (TPSA) is 64.7 Å². The van der Waals surface area contributed by atoms with Crippen molar-refractivity contribution < 1.29 is 0 Å². The Morgan fingerprint density at radius 1 is 1.27 bits per heavy atom. The molecule has 2 heterocycles. The molecule has 0 fully saturated rings. The molecule has 4 nitrogen and oxygen atoms in total. The lowest BCUT2D eigenvalue weighted by molar-refractivity contribution is 0.932. The average Bonchev–Trinajstić information content (AvgIpc) is 2.31. The van der Waals surface area contributed by atoms with Crippen molar-refractivity contribution >= 4 is 0 Å². The Hall–Kier alpha value is -1.81. The largest absolute Gasteiger partial charge is 0.325 e. The van der Waals surface area contributed by atoms with Crippen molar-refractivity contribution in [2.45, 2.75) is 13.5 Å². The Kier molecular flexibility index (Phi) is 2.69. The van der Waals surface area contributed by atoms with E-state index in [1.54, 1.807) is 18.6 Å². The van der Waals surface area contributed by atoms with Gasteiger partial charge in [-0.1, -0.05) is 0 Å². The molecular formula is C11H12N4. The number of aromatic nitrogens is 3. The second-order valence-corrected chi connectivity index (χ2v) is 3.23. The Morgan fingerprint density at radius 2 is 2.00 bits per heavy atom. The van der Waals surface area contributed by atoms with Crippen LogP contribution in [0.15, 0.2) is 30.7 Å². The van der Waals surface area contributed by atoms with Gasteiger partial charge in [0.05, 0.1) is 23.3 Å². The molecule has 4 heteroatoms. The fourth-order valence-corrected chi connectivity index (χ4v) is 1.34. The van der Waals surface area contributed by atoms with Gasteiger partial charge in [0.2, 0.25) is 0 Å². The number of nitrogens with zero attached hydrogens (tertiary/aromatic N) is 3. The van der Waals surface area contributed by atoms with Crippen molar-refractivity contribution in [1.29, 1.82) is 0 Å². The smallest absolute Gasteiger partial charge is 0.0890 e. The maximum atomic E-state index is 5.58. The predicted octanol–water partition coefficient (Wildman–Crippen LogP) is 1.31. The summed E-state index contributed by atoms with van der Waals surface area (Å²) in [5, 5.41) is 0. The molecule has 0 radical (unpaired) electrons. The summed E-state index contributed by atoms with van der Waals surface area (Å²) in [6.45, 7) is 2.32. The monoisotopic (exact) mass is 200 g/mol. The summed E-state index contributed by atoms with van der Waals surface area (Å²) in [6, 6.07) is 3.80. The molecule has 2 aromatic rings. The van der Waals surface area contributed by atoms with Crippen molar-refractivity contribution in [2.75, 3.05) is 0 Å². The number of rotatable bonds is 2. The van der Waals surface area contributed by atoms with Gasteiger partial charge < -0.3 is 5.73 Å². The van der Waals surface area contributed by atoms with Gasteiger partial charge in [0, 0.05) is 24.5 Å². The standard InChI is InChI=1S/C11H12N4/c1-8-10(6-12)15-11(7-14-8)9-2-4-13-5-3-9/h2-5,7H,6,12H2,1H3. The average molecular weight is 200 g/mol. The molecule has 0 aromatic carbocycles. The van der Waals surface area contributed by atoms with Gasteiger partial charge in [-0.05, 0) is 19.1 Å². The van der Waals surface area contributed by atoms with E-state index in [-0.39, 0.29) is 0 Å². The molecule has 0 aliphatic rings. The minimum Gasteiger partial charge on any atom is -0.325 e. The van der Waals surface area contributed by atoms with Crippen LogP contribution < -0.4 is 5.73 Å². The quantitative estimate of drug-likeness (QED) is 0.793. The molecule has 0 bridgehead atoms. The predicted molar refractivity (Wildman–Crippen MR) is 57.9 cm³/mol. The molecule has 0 aliphatic heterocycles. The maximum Gasteiger partial charge on any atom is 0.0890 e. The molecule has 0 spiro atoms. The van der Waals surface area contributed by atoms with Gasteiger partial charge in [-0.2, -0.15) is 0 Å². The van der Waals surface area contributed by atoms with Crippen molar-refractivity contribution in [3.05, 3.63) is 42.1 Å². The summed E-state index contributed by atoms with van der Waals surface area (Å²) in [6.07, 6.45) is 5.22. The molecular weight excluding hydrogens is 188 g/mol. The zero-order chi connectivity index (χ0) is 10.7. The van der Waals surface area contributed by atoms with Crippen LogP contribution in [0.4, 0.5) is 0 Å². The highest BCUT2D eigenvalue weighted by Crippen LogP contribution is 2.15. The van der Waals surface area contributed by atoms with E-state index in [0.717, 1.165) is 22.6 Å². The molecule has 0 saturated heterocycles. The van der Waals surface area contributed by atoms with Gasteiger partial charge in [-0.25, -0.2) is 4.98 Å². The number of hydrogen-bond donors (Lipinski definition) is 1. The Balaban J connectivity index is 2.46. The van der Waals surface area contributed by atoms with Crippen LogP contribution in [0, 0.1) is 6.92 Å². The molecule has 0 atom stereocenters. The molecule has 0 amide bonds. The highest BCUT2D eigenvalue weighted by molar-refractivity contribution is 5.57. The number of hydrogen-bond acceptors (Lipinski definition) is 4. The van der Waals surface area contributed by atoms with E-state index in [0.29, 0.717) is 6.54 Å². The second kappa shape index (κ2) is 4.14. The van der Waals surface area contributed by atoms with Crippen LogP contribution in [0.25, 0.3) is 11.3 Å². The van der Waals surface area contributed by atoms with Crippen molar-refractivity contribution in [1.82, 2.24) is 15.0 Å². The number of pyridine rings is 1. The second-order valence-electron chi connectivity index (χ2n) is 3.23. The lowest BCUT2D eigenvalue weighted by Crippen LogP contribution is -2.05. The molecule has 0 aliphatic carbocycles. The van der Waals surface area contributed by atoms with E-state index < -0.39 is 0 Å². The van der Waals surface area contributed by atoms with Crippen LogP contribution in [0.5, 0.6) is 0 Å². The van der Waals surface area contributed by atoms with Crippen LogP contribution in [0.2, 0.25) is 0 Å². The van der Waals surface area contributed by atoms with E-state index in [4.69, 9.17) is 5.73 Å². The Morgan fingerprint density at radius 3 is 2.67 bits per heavy atom. The normalized spacial score (nSPS) is 10.3. The summed E-state index contributed by atoms with van der Waals surface area (Å²) in [4.78, 5) is 12.7. The fourth-order valence-electron chi connectivity index (χ4n) is 1.34. The molecule has 76 valence electrons. The van der Waals surface area contributed by atoms with Gasteiger partial charge in [-0.3, -0.25) is 9.97 Å². The van der Waals surface area contributed by atoms with E-state index in [1.165, 1.54) is 0 Å². The van der Waals surface area contributed by atoms with Crippen molar-refractivity contribution in [3.8, 4) is 11.3 Å². The van der Waals surface area contributed by atoms with E-state index in [2.05, 4.69) is 15.0 Å². The lowest BCUT2D eigenvalue weighted by Gasteiger charge is -2.04. The highest BCUT2D eigenvalue weighted by atomic mass is 14.8. The molecule has 2 N–H and O–H groups in total. The summed E-state index contributed by atoms with van der Waals surface area (Å²) in [7, 11) is 0. The molecule has 15 heavy (non-hydrogen) atoms. The van der Waals surface area contributed by atoms with Crippen molar-refractivity contribution in [3.63, 3.8) is 0 Å². The SMILES string of the molecule is Cc1ncc(-c2ccncc2)nc1CN. The summed E-state index contributed by atoms with van der Waals surface area (Å²) in [5.41, 5.74) is 9.15. The first-order valence-corrected chi connectivity index (χ1v) is 4.74. The first kappa shape index (κ1) is 9.73. The summed E-state index contributed by atoms with van der Waals surface area (Å²) in [5.74, 6) is 0. The Bertz CT molecular complexity index is 453. The highest BCUT2D eigenvalue weighted by Gasteiger charge is 2.03.